The monoisotopic (exact) mass is 700 g/mol. The van der Waals surface area contributed by atoms with Crippen LogP contribution in [0.25, 0.3) is 11.0 Å². The highest BCUT2D eigenvalue weighted by molar-refractivity contribution is 9.10. The van der Waals surface area contributed by atoms with Crippen LogP contribution < -0.4 is 26.2 Å². The summed E-state index contributed by atoms with van der Waals surface area (Å²) in [6, 6.07) is 13.8. The van der Waals surface area contributed by atoms with Crippen LogP contribution in [0.1, 0.15) is 28.8 Å². The fourth-order valence-electron chi connectivity index (χ4n) is 4.40. The van der Waals surface area contributed by atoms with Crippen molar-refractivity contribution in [3.05, 3.63) is 75.2 Å². The van der Waals surface area contributed by atoms with Gasteiger partial charge in [-0.1, -0.05) is 33.6 Å². The molecule has 1 saturated carbocycles. The first-order chi connectivity index (χ1) is 20.8. The third-order valence-corrected chi connectivity index (χ3v) is 7.81. The van der Waals surface area contributed by atoms with Gasteiger partial charge < -0.3 is 20.4 Å². The summed E-state index contributed by atoms with van der Waals surface area (Å²) in [5, 5.41) is 6.23. The lowest BCUT2D eigenvalue weighted by atomic mass is 10.1. The number of aromatic amines is 1. The zero-order valence-electron chi connectivity index (χ0n) is 22.4. The number of nitrogens with two attached hydrogens (primary N) is 1. The van der Waals surface area contributed by atoms with E-state index in [1.54, 1.807) is 24.3 Å². The molecule has 0 aliphatic heterocycles. The number of carbonyl (C=O) groups is 2. The van der Waals surface area contributed by atoms with E-state index in [-0.39, 0.29) is 52.9 Å². The predicted molar refractivity (Wildman–Crippen MR) is 157 cm³/mol. The molecular formula is C28H23BrClF5N6O3. The number of hydrogen-bond acceptors (Lipinski definition) is 6. The Bertz CT molecular complexity index is 1710. The number of nitrogens with one attached hydrogen (secondary N) is 3. The van der Waals surface area contributed by atoms with Crippen molar-refractivity contribution in [1.29, 1.82) is 0 Å². The molecule has 9 nitrogen and oxygen atoms in total. The van der Waals surface area contributed by atoms with Gasteiger partial charge >= 0.3 is 6.18 Å². The fourth-order valence-corrected chi connectivity index (χ4v) is 4.87. The molecule has 5 N–H and O–H groups in total. The number of imidazole rings is 1. The van der Waals surface area contributed by atoms with Gasteiger partial charge in [0.2, 0.25) is 11.9 Å². The largest absolute Gasteiger partial charge is 0.487 e. The second-order valence-corrected chi connectivity index (χ2v) is 11.3. The first kappa shape index (κ1) is 31.5. The minimum Gasteiger partial charge on any atom is -0.487 e. The van der Waals surface area contributed by atoms with Crippen molar-refractivity contribution in [2.24, 2.45) is 11.3 Å². The number of halogens is 7. The van der Waals surface area contributed by atoms with Gasteiger partial charge in [0.05, 0.1) is 27.3 Å². The Morgan fingerprint density at radius 3 is 2.48 bits per heavy atom. The molecule has 16 heteroatoms. The lowest BCUT2D eigenvalue weighted by Crippen LogP contribution is -2.40. The molecule has 0 atom stereocenters. The fraction of sp³-hybridized carbons (Fsp3) is 0.250. The summed E-state index contributed by atoms with van der Waals surface area (Å²) in [5.74, 6) is 4.46. The molecule has 1 aromatic heterocycles. The van der Waals surface area contributed by atoms with Gasteiger partial charge in [-0.15, -0.1) is 0 Å². The molecule has 0 unspecified atom stereocenters. The number of hydrazine groups is 1. The van der Waals surface area contributed by atoms with Crippen LogP contribution in [0.4, 0.5) is 39.3 Å². The third kappa shape index (κ3) is 6.59. The molecule has 44 heavy (non-hydrogen) atoms. The molecular weight excluding hydrogens is 679 g/mol. The van der Waals surface area contributed by atoms with Crippen molar-refractivity contribution in [3.63, 3.8) is 0 Å². The van der Waals surface area contributed by atoms with Crippen LogP contribution in [-0.4, -0.2) is 41.0 Å². The number of aromatic nitrogens is 2. The summed E-state index contributed by atoms with van der Waals surface area (Å²) in [5.41, 5.74) is -0.837. The first-order valence-electron chi connectivity index (χ1n) is 13.0. The van der Waals surface area contributed by atoms with E-state index in [1.165, 1.54) is 30.3 Å². The molecule has 3 aromatic carbocycles. The number of ether oxygens (including phenoxy) is 1. The maximum atomic E-state index is 13.3. The number of rotatable bonds is 10. The molecule has 1 fully saturated rings. The summed E-state index contributed by atoms with van der Waals surface area (Å²) in [4.78, 5) is 32.7. The molecule has 4 aromatic rings. The summed E-state index contributed by atoms with van der Waals surface area (Å²) in [6.07, 6.45) is -7.97. The van der Waals surface area contributed by atoms with Crippen LogP contribution in [0.5, 0.6) is 5.75 Å². The Morgan fingerprint density at radius 1 is 1.14 bits per heavy atom. The minimum absolute atomic E-state index is 0.0300. The van der Waals surface area contributed by atoms with E-state index in [0.29, 0.717) is 16.8 Å². The van der Waals surface area contributed by atoms with Gasteiger partial charge in [-0.3, -0.25) is 9.59 Å². The van der Waals surface area contributed by atoms with Crippen LogP contribution in [-0.2, 0) is 11.3 Å². The predicted octanol–water partition coefficient (Wildman–Crippen LogP) is 6.85. The highest BCUT2D eigenvalue weighted by atomic mass is 79.9. The Labute approximate surface area is 260 Å². The van der Waals surface area contributed by atoms with E-state index >= 15 is 0 Å². The summed E-state index contributed by atoms with van der Waals surface area (Å²) in [6.45, 7) is -1.17. The Hall–Kier alpha value is -3.95. The maximum Gasteiger partial charge on any atom is 0.403 e. The lowest BCUT2D eigenvalue weighted by Gasteiger charge is -2.20. The van der Waals surface area contributed by atoms with E-state index < -0.39 is 36.4 Å². The number of nitrogens with zero attached hydrogens (tertiary/aromatic N) is 2. The van der Waals surface area contributed by atoms with E-state index in [4.69, 9.17) is 22.2 Å². The van der Waals surface area contributed by atoms with Gasteiger partial charge in [-0.2, -0.15) is 13.2 Å². The SMILES string of the molecule is NN(c1nc2cc(C(=O)Nc3ccc(Br)cc3)c(OCC(F)F)cc2[nH]1)c1cc(CNC(=O)C2(C(F)(F)F)CC2)ccc1Cl. The topological polar surface area (TPSA) is 125 Å². The number of alkyl halides is 5. The van der Waals surface area contributed by atoms with Crippen molar-refractivity contribution in [1.82, 2.24) is 15.3 Å². The second-order valence-electron chi connectivity index (χ2n) is 10.0. The Balaban J connectivity index is 1.40. The van der Waals surface area contributed by atoms with Gasteiger partial charge in [0, 0.05) is 22.8 Å². The normalized spacial score (nSPS) is 14.0. The van der Waals surface area contributed by atoms with Gasteiger partial charge in [0.1, 0.15) is 17.8 Å². The van der Waals surface area contributed by atoms with Crippen molar-refractivity contribution in [3.8, 4) is 5.75 Å². The molecule has 0 spiro atoms. The molecule has 1 aliphatic rings. The van der Waals surface area contributed by atoms with Crippen molar-refractivity contribution < 1.29 is 36.3 Å². The van der Waals surface area contributed by atoms with Gasteiger partial charge in [-0.25, -0.2) is 24.6 Å². The number of hydrogen-bond donors (Lipinski definition) is 4. The lowest BCUT2D eigenvalue weighted by molar-refractivity contribution is -0.192. The van der Waals surface area contributed by atoms with E-state index in [2.05, 4.69) is 36.5 Å². The second kappa shape index (κ2) is 12.2. The van der Waals surface area contributed by atoms with Crippen LogP contribution in [0.15, 0.2) is 59.1 Å². The van der Waals surface area contributed by atoms with Crippen molar-refractivity contribution >= 4 is 67.7 Å². The molecule has 0 bridgehead atoms. The summed E-state index contributed by atoms with van der Waals surface area (Å²) in [7, 11) is 0. The molecule has 0 saturated heterocycles. The van der Waals surface area contributed by atoms with Crippen LogP contribution in [0, 0.1) is 5.41 Å². The molecule has 2 amide bonds. The molecule has 232 valence electrons. The first-order valence-corrected chi connectivity index (χ1v) is 14.1. The number of amides is 2. The Kier molecular flexibility index (Phi) is 8.73. The molecule has 1 aliphatic carbocycles. The minimum atomic E-state index is -4.64. The molecule has 0 radical (unpaired) electrons. The Morgan fingerprint density at radius 2 is 1.84 bits per heavy atom. The van der Waals surface area contributed by atoms with Crippen LogP contribution >= 0.6 is 27.5 Å². The van der Waals surface area contributed by atoms with Crippen molar-refractivity contribution in [2.45, 2.75) is 32.0 Å². The molecule has 1 heterocycles. The van der Waals surface area contributed by atoms with Gasteiger partial charge in [0.25, 0.3) is 12.3 Å². The standard InChI is InChI=1S/C28H23BrClF5N6O3/c29-15-2-4-16(5-3-15)38-24(42)17-10-19-20(11-22(17)44-13-23(31)32)40-26(39-19)41(36)21-9-14(1-6-18(21)30)12-37-25(43)27(7-8-27)28(33,34)35/h1-6,9-11,23H,7-8,12-13,36H2,(H,37,43)(H,38,42)(H,39,40). The molecule has 5 rings (SSSR count). The average molecular weight is 702 g/mol. The van der Waals surface area contributed by atoms with Crippen LogP contribution in [0.3, 0.4) is 0 Å². The average Bonchev–Trinajstić information content (AvgIpc) is 3.70. The van der Waals surface area contributed by atoms with Gasteiger partial charge in [0.15, 0.2) is 0 Å². The van der Waals surface area contributed by atoms with Gasteiger partial charge in [-0.05, 0) is 60.9 Å². The van der Waals surface area contributed by atoms with E-state index in [0.717, 1.165) is 9.48 Å². The smallest absolute Gasteiger partial charge is 0.403 e. The highest BCUT2D eigenvalue weighted by Crippen LogP contribution is 2.57. The zero-order valence-corrected chi connectivity index (χ0v) is 24.8. The quantitative estimate of drug-likeness (QED) is 0.0815. The zero-order chi connectivity index (χ0) is 31.8. The number of carbonyl (C=O) groups excluding carboxylic acids is 2. The van der Waals surface area contributed by atoms with Crippen LogP contribution in [0.2, 0.25) is 5.02 Å². The number of fused-ring (bicyclic) bond motifs is 1. The number of benzene rings is 3. The van der Waals surface area contributed by atoms with E-state index in [9.17, 15) is 31.5 Å². The van der Waals surface area contributed by atoms with Crippen molar-refractivity contribution in [2.75, 3.05) is 16.9 Å². The third-order valence-electron chi connectivity index (χ3n) is 6.96. The van der Waals surface area contributed by atoms with E-state index in [1.807, 2.05) is 0 Å². The summed E-state index contributed by atoms with van der Waals surface area (Å²) < 4.78 is 71.8. The number of anilines is 3. The number of H-pyrrole nitrogens is 1. The highest BCUT2D eigenvalue weighted by Gasteiger charge is 2.68. The maximum absolute atomic E-state index is 13.3. The summed E-state index contributed by atoms with van der Waals surface area (Å²) >= 11 is 9.65.